The smallest absolute Gasteiger partial charge is 0.251 e. The van der Waals surface area contributed by atoms with Crippen molar-refractivity contribution >= 4 is 5.91 Å². The van der Waals surface area contributed by atoms with Gasteiger partial charge in [-0.2, -0.15) is 0 Å². The number of rotatable bonds is 6. The Morgan fingerprint density at radius 3 is 2.88 bits per heavy atom. The fourth-order valence-corrected chi connectivity index (χ4v) is 2.79. The van der Waals surface area contributed by atoms with Crippen molar-refractivity contribution in [3.63, 3.8) is 0 Å². The number of hydrogen-bond donors (Lipinski definition) is 1. The molecule has 0 radical (unpaired) electrons. The van der Waals surface area contributed by atoms with Gasteiger partial charge in [-0.1, -0.05) is 12.1 Å². The molecule has 0 saturated carbocycles. The molecule has 0 unspecified atom stereocenters. The number of amides is 1. The molecule has 25 heavy (non-hydrogen) atoms. The van der Waals surface area contributed by atoms with E-state index in [9.17, 15) is 4.79 Å². The van der Waals surface area contributed by atoms with Crippen LogP contribution in [0.1, 0.15) is 30.2 Å². The summed E-state index contributed by atoms with van der Waals surface area (Å²) in [6.07, 6.45) is 0. The molecule has 1 aromatic carbocycles. The van der Waals surface area contributed by atoms with Gasteiger partial charge in [0.15, 0.2) is 5.82 Å². The van der Waals surface area contributed by atoms with Gasteiger partial charge in [-0.3, -0.25) is 9.69 Å². The van der Waals surface area contributed by atoms with Crippen molar-refractivity contribution in [2.75, 3.05) is 39.4 Å². The fraction of sp³-hybridized carbons (Fsp3) is 0.529. The fourth-order valence-electron chi connectivity index (χ4n) is 2.79. The zero-order valence-corrected chi connectivity index (χ0v) is 14.7. The molecule has 0 bridgehead atoms. The van der Waals surface area contributed by atoms with E-state index in [2.05, 4.69) is 25.7 Å². The molecule has 8 nitrogen and oxygen atoms in total. The third kappa shape index (κ3) is 4.40. The number of nitrogens with zero attached hydrogens (tertiary/aromatic N) is 5. The summed E-state index contributed by atoms with van der Waals surface area (Å²) in [5.41, 5.74) is 1.44. The number of nitrogens with one attached hydrogen (secondary N) is 1. The van der Waals surface area contributed by atoms with Crippen molar-refractivity contribution in [1.29, 1.82) is 0 Å². The number of morpholine rings is 1. The van der Waals surface area contributed by atoms with Gasteiger partial charge in [-0.25, -0.2) is 4.68 Å². The lowest BCUT2D eigenvalue weighted by molar-refractivity contribution is 0.0383. The van der Waals surface area contributed by atoms with Crippen molar-refractivity contribution < 1.29 is 9.53 Å². The van der Waals surface area contributed by atoms with Crippen LogP contribution >= 0.6 is 0 Å². The maximum atomic E-state index is 12.4. The number of tetrazole rings is 1. The second-order valence-electron chi connectivity index (χ2n) is 6.33. The summed E-state index contributed by atoms with van der Waals surface area (Å²) in [6.45, 7) is 8.85. The highest BCUT2D eigenvalue weighted by Crippen LogP contribution is 2.20. The third-order valence-electron chi connectivity index (χ3n) is 4.18. The first-order chi connectivity index (χ1) is 12.1. The molecule has 134 valence electrons. The summed E-state index contributed by atoms with van der Waals surface area (Å²) >= 11 is 0. The average Bonchev–Trinajstić information content (AvgIpc) is 3.13. The molecule has 8 heteroatoms. The first-order valence-corrected chi connectivity index (χ1v) is 8.62. The maximum Gasteiger partial charge on any atom is 0.251 e. The summed E-state index contributed by atoms with van der Waals surface area (Å²) in [5.74, 6) is 0.580. The molecule has 1 aromatic heterocycles. The average molecular weight is 344 g/mol. The molecule has 1 fully saturated rings. The summed E-state index contributed by atoms with van der Waals surface area (Å²) in [7, 11) is 0. The van der Waals surface area contributed by atoms with Crippen LogP contribution in [0.2, 0.25) is 0 Å². The van der Waals surface area contributed by atoms with Crippen molar-refractivity contribution in [1.82, 2.24) is 30.4 Å². The first-order valence-electron chi connectivity index (χ1n) is 8.62. The van der Waals surface area contributed by atoms with E-state index in [1.807, 2.05) is 32.0 Å². The summed E-state index contributed by atoms with van der Waals surface area (Å²) in [6, 6.07) is 7.54. The number of hydrogen-bond acceptors (Lipinski definition) is 6. The van der Waals surface area contributed by atoms with Crippen LogP contribution in [0, 0.1) is 0 Å². The normalized spacial score (nSPS) is 15.5. The summed E-state index contributed by atoms with van der Waals surface area (Å²) in [4.78, 5) is 14.7. The lowest BCUT2D eigenvalue weighted by atomic mass is 10.1. The standard InChI is InChI=1S/C17H24N6O2/c1-13(2)23-16(19-20-21-23)14-4-3-5-15(12-14)17(24)18-6-7-22-8-10-25-11-9-22/h3-5,12-13H,6-11H2,1-2H3,(H,18,24). The van der Waals surface area contributed by atoms with E-state index >= 15 is 0 Å². The van der Waals surface area contributed by atoms with E-state index in [0.29, 0.717) is 17.9 Å². The molecule has 1 aliphatic heterocycles. The highest BCUT2D eigenvalue weighted by Gasteiger charge is 2.14. The molecule has 1 saturated heterocycles. The first kappa shape index (κ1) is 17.5. The predicted octanol–water partition coefficient (Wildman–Crippen LogP) is 0.983. The number of carbonyl (C=O) groups is 1. The van der Waals surface area contributed by atoms with E-state index in [1.54, 1.807) is 10.7 Å². The molecule has 3 rings (SSSR count). The van der Waals surface area contributed by atoms with Crippen molar-refractivity contribution in [3.8, 4) is 11.4 Å². The van der Waals surface area contributed by atoms with Crippen LogP contribution in [-0.4, -0.2) is 70.4 Å². The molecule has 2 heterocycles. The van der Waals surface area contributed by atoms with Gasteiger partial charge in [0.1, 0.15) is 0 Å². The van der Waals surface area contributed by atoms with E-state index in [0.717, 1.165) is 38.4 Å². The topological polar surface area (TPSA) is 85.2 Å². The summed E-state index contributed by atoms with van der Waals surface area (Å²) in [5, 5.41) is 14.8. The van der Waals surface area contributed by atoms with Crippen molar-refractivity contribution in [3.05, 3.63) is 29.8 Å². The Morgan fingerprint density at radius 2 is 2.12 bits per heavy atom. The lowest BCUT2D eigenvalue weighted by Gasteiger charge is -2.26. The van der Waals surface area contributed by atoms with Crippen LogP contribution in [0.15, 0.2) is 24.3 Å². The summed E-state index contributed by atoms with van der Waals surface area (Å²) < 4.78 is 7.07. The minimum atomic E-state index is -0.0846. The Kier molecular flexibility index (Phi) is 5.72. The number of ether oxygens (including phenoxy) is 1. The third-order valence-corrected chi connectivity index (χ3v) is 4.18. The second-order valence-corrected chi connectivity index (χ2v) is 6.33. The van der Waals surface area contributed by atoms with Crippen LogP contribution in [0.5, 0.6) is 0 Å². The highest BCUT2D eigenvalue weighted by molar-refractivity contribution is 5.95. The molecule has 1 aliphatic rings. The molecular weight excluding hydrogens is 320 g/mol. The largest absolute Gasteiger partial charge is 0.379 e. The van der Waals surface area contributed by atoms with E-state index in [1.165, 1.54) is 0 Å². The lowest BCUT2D eigenvalue weighted by Crippen LogP contribution is -2.41. The molecule has 0 aliphatic carbocycles. The SMILES string of the molecule is CC(C)n1nnnc1-c1cccc(C(=O)NCCN2CCOCC2)c1. The van der Waals surface area contributed by atoms with Crippen LogP contribution in [0.3, 0.4) is 0 Å². The monoisotopic (exact) mass is 344 g/mol. The molecule has 1 N–H and O–H groups in total. The highest BCUT2D eigenvalue weighted by atomic mass is 16.5. The Morgan fingerprint density at radius 1 is 1.32 bits per heavy atom. The Labute approximate surface area is 147 Å². The van der Waals surface area contributed by atoms with Gasteiger partial charge in [0, 0.05) is 37.3 Å². The van der Waals surface area contributed by atoms with Gasteiger partial charge in [-0.05, 0) is 36.4 Å². The van der Waals surface area contributed by atoms with Crippen molar-refractivity contribution in [2.45, 2.75) is 19.9 Å². The van der Waals surface area contributed by atoms with Gasteiger partial charge < -0.3 is 10.1 Å². The Bertz CT molecular complexity index is 709. The number of carbonyl (C=O) groups excluding carboxylic acids is 1. The Hall–Kier alpha value is -2.32. The van der Waals surface area contributed by atoms with Crippen LogP contribution in [0.25, 0.3) is 11.4 Å². The minimum Gasteiger partial charge on any atom is -0.379 e. The van der Waals surface area contributed by atoms with Gasteiger partial charge in [0.2, 0.25) is 0 Å². The number of benzene rings is 1. The van der Waals surface area contributed by atoms with Gasteiger partial charge in [-0.15, -0.1) is 5.10 Å². The minimum absolute atomic E-state index is 0.0846. The zero-order valence-electron chi connectivity index (χ0n) is 14.7. The number of aromatic nitrogens is 4. The molecule has 0 atom stereocenters. The quantitative estimate of drug-likeness (QED) is 0.841. The predicted molar refractivity (Wildman–Crippen MR) is 93.2 cm³/mol. The second kappa shape index (κ2) is 8.17. The van der Waals surface area contributed by atoms with Crippen LogP contribution in [-0.2, 0) is 4.74 Å². The zero-order chi connectivity index (χ0) is 17.6. The van der Waals surface area contributed by atoms with Crippen LogP contribution < -0.4 is 5.32 Å². The Balaban J connectivity index is 1.62. The molecule has 2 aromatic rings. The van der Waals surface area contributed by atoms with E-state index in [-0.39, 0.29) is 11.9 Å². The van der Waals surface area contributed by atoms with E-state index in [4.69, 9.17) is 4.74 Å². The van der Waals surface area contributed by atoms with Crippen molar-refractivity contribution in [2.24, 2.45) is 0 Å². The molecule has 1 amide bonds. The maximum absolute atomic E-state index is 12.4. The van der Waals surface area contributed by atoms with E-state index < -0.39 is 0 Å². The van der Waals surface area contributed by atoms with Crippen LogP contribution in [0.4, 0.5) is 0 Å². The van der Waals surface area contributed by atoms with Gasteiger partial charge >= 0.3 is 0 Å². The molecular formula is C17H24N6O2. The van der Waals surface area contributed by atoms with Gasteiger partial charge in [0.05, 0.1) is 19.3 Å². The molecule has 0 spiro atoms. The van der Waals surface area contributed by atoms with Gasteiger partial charge in [0.25, 0.3) is 5.91 Å².